The van der Waals surface area contributed by atoms with Crippen LogP contribution in [-0.4, -0.2) is 27.4 Å². The highest BCUT2D eigenvalue weighted by molar-refractivity contribution is 4.73. The second kappa shape index (κ2) is 12.0. The summed E-state index contributed by atoms with van der Waals surface area (Å²) in [5, 5.41) is 0. The molecule has 0 bridgehead atoms. The lowest BCUT2D eigenvalue weighted by molar-refractivity contribution is 0.0151. The minimum atomic E-state index is 0.200. The summed E-state index contributed by atoms with van der Waals surface area (Å²) in [4.78, 5) is 0. The lowest BCUT2D eigenvalue weighted by Gasteiger charge is -2.27. The van der Waals surface area contributed by atoms with Gasteiger partial charge in [-0.15, -0.1) is 0 Å². The summed E-state index contributed by atoms with van der Waals surface area (Å²) >= 11 is 0. The van der Waals surface area contributed by atoms with E-state index in [2.05, 4.69) is 13.8 Å². The lowest BCUT2D eigenvalue weighted by Crippen LogP contribution is -2.28. The van der Waals surface area contributed by atoms with Crippen LogP contribution in [0.2, 0.25) is 0 Å². The molecule has 0 rings (SSSR count). The number of methoxy groups -OCH3 is 2. The Balaban J connectivity index is 3.49. The Morgan fingerprint density at radius 3 is 1.61 bits per heavy atom. The maximum Gasteiger partial charge on any atom is 0.0538 e. The smallest absolute Gasteiger partial charge is 0.0538 e. The van der Waals surface area contributed by atoms with Crippen LogP contribution >= 0.6 is 0 Å². The summed E-state index contributed by atoms with van der Waals surface area (Å²) in [6, 6.07) is 0. The van der Waals surface area contributed by atoms with E-state index in [4.69, 9.17) is 9.47 Å². The van der Waals surface area contributed by atoms with E-state index in [0.717, 1.165) is 13.2 Å². The first-order valence-electron chi connectivity index (χ1n) is 7.66. The van der Waals surface area contributed by atoms with Crippen molar-refractivity contribution in [2.24, 2.45) is 5.41 Å². The Morgan fingerprint density at radius 1 is 0.722 bits per heavy atom. The van der Waals surface area contributed by atoms with Gasteiger partial charge in [0, 0.05) is 19.6 Å². The second-order valence-corrected chi connectivity index (χ2v) is 5.90. The molecule has 2 nitrogen and oxygen atoms in total. The third-order valence-corrected chi connectivity index (χ3v) is 3.62. The van der Waals surface area contributed by atoms with Gasteiger partial charge in [-0.05, 0) is 6.42 Å². The van der Waals surface area contributed by atoms with Crippen molar-refractivity contribution >= 4 is 0 Å². The Bertz CT molecular complexity index is 162. The van der Waals surface area contributed by atoms with Crippen LogP contribution in [0.15, 0.2) is 0 Å². The third kappa shape index (κ3) is 9.90. The molecule has 18 heavy (non-hydrogen) atoms. The highest BCUT2D eigenvalue weighted by Gasteiger charge is 2.23. The van der Waals surface area contributed by atoms with Gasteiger partial charge in [-0.1, -0.05) is 65.2 Å². The van der Waals surface area contributed by atoms with E-state index in [1.165, 1.54) is 57.8 Å². The van der Waals surface area contributed by atoms with Gasteiger partial charge in [0.15, 0.2) is 0 Å². The molecule has 0 aliphatic rings. The summed E-state index contributed by atoms with van der Waals surface area (Å²) in [7, 11) is 3.56. The molecule has 110 valence electrons. The molecule has 0 saturated heterocycles. The topological polar surface area (TPSA) is 18.5 Å². The SMILES string of the molecule is CCCCCCCCCCC(C)(COC)COC. The molecule has 0 aliphatic heterocycles. The normalized spacial score (nSPS) is 12.0. The molecule has 0 atom stereocenters. The van der Waals surface area contributed by atoms with E-state index in [1.54, 1.807) is 14.2 Å². The highest BCUT2D eigenvalue weighted by atomic mass is 16.5. The zero-order valence-electron chi connectivity index (χ0n) is 13.1. The van der Waals surface area contributed by atoms with E-state index in [-0.39, 0.29) is 5.41 Å². The summed E-state index contributed by atoms with van der Waals surface area (Å²) < 4.78 is 10.6. The van der Waals surface area contributed by atoms with Gasteiger partial charge in [-0.2, -0.15) is 0 Å². The zero-order chi connectivity index (χ0) is 13.7. The molecule has 0 heterocycles. The first-order chi connectivity index (χ1) is 8.68. The van der Waals surface area contributed by atoms with Crippen LogP contribution < -0.4 is 0 Å². The maximum absolute atomic E-state index is 5.30. The minimum absolute atomic E-state index is 0.200. The summed E-state index contributed by atoms with van der Waals surface area (Å²) in [5.41, 5.74) is 0.200. The molecule has 0 spiro atoms. The Labute approximate surface area is 114 Å². The summed E-state index contributed by atoms with van der Waals surface area (Å²) in [5.74, 6) is 0. The van der Waals surface area contributed by atoms with Crippen LogP contribution in [0.1, 0.15) is 71.6 Å². The van der Waals surface area contributed by atoms with Gasteiger partial charge >= 0.3 is 0 Å². The molecule has 2 heteroatoms. The highest BCUT2D eigenvalue weighted by Crippen LogP contribution is 2.25. The van der Waals surface area contributed by atoms with Crippen LogP contribution in [-0.2, 0) is 9.47 Å². The van der Waals surface area contributed by atoms with Crippen LogP contribution in [0.3, 0.4) is 0 Å². The Morgan fingerprint density at radius 2 is 1.17 bits per heavy atom. The molecule has 0 radical (unpaired) electrons. The van der Waals surface area contributed by atoms with Crippen molar-refractivity contribution in [2.75, 3.05) is 27.4 Å². The van der Waals surface area contributed by atoms with Gasteiger partial charge in [0.05, 0.1) is 13.2 Å². The third-order valence-electron chi connectivity index (χ3n) is 3.62. The van der Waals surface area contributed by atoms with Crippen LogP contribution in [0.5, 0.6) is 0 Å². The van der Waals surface area contributed by atoms with Gasteiger partial charge in [0.2, 0.25) is 0 Å². The molecular weight excluding hydrogens is 224 g/mol. The average molecular weight is 258 g/mol. The molecular formula is C16H34O2. The predicted molar refractivity (Wildman–Crippen MR) is 79.1 cm³/mol. The number of ether oxygens (including phenoxy) is 2. The zero-order valence-corrected chi connectivity index (χ0v) is 13.1. The largest absolute Gasteiger partial charge is 0.384 e. The molecule has 0 saturated carbocycles. The maximum atomic E-state index is 5.30. The van der Waals surface area contributed by atoms with Crippen LogP contribution in [0.4, 0.5) is 0 Å². The van der Waals surface area contributed by atoms with Gasteiger partial charge in [-0.25, -0.2) is 0 Å². The van der Waals surface area contributed by atoms with Crippen molar-refractivity contribution < 1.29 is 9.47 Å². The quantitative estimate of drug-likeness (QED) is 0.441. The lowest BCUT2D eigenvalue weighted by atomic mass is 9.86. The van der Waals surface area contributed by atoms with E-state index >= 15 is 0 Å². The Kier molecular flexibility index (Phi) is 11.9. The van der Waals surface area contributed by atoms with Crippen molar-refractivity contribution in [1.29, 1.82) is 0 Å². The van der Waals surface area contributed by atoms with Crippen molar-refractivity contribution in [1.82, 2.24) is 0 Å². The van der Waals surface area contributed by atoms with Crippen LogP contribution in [0.25, 0.3) is 0 Å². The van der Waals surface area contributed by atoms with Crippen molar-refractivity contribution in [3.8, 4) is 0 Å². The van der Waals surface area contributed by atoms with E-state index < -0.39 is 0 Å². The fourth-order valence-electron chi connectivity index (χ4n) is 2.57. The fourth-order valence-corrected chi connectivity index (χ4v) is 2.57. The fraction of sp³-hybridized carbons (Fsp3) is 1.00. The molecule has 0 aromatic heterocycles. The molecule has 0 aromatic rings. The molecule has 0 fully saturated rings. The second-order valence-electron chi connectivity index (χ2n) is 5.90. The Hall–Kier alpha value is -0.0800. The minimum Gasteiger partial charge on any atom is -0.384 e. The average Bonchev–Trinajstić information content (AvgIpc) is 2.33. The number of unbranched alkanes of at least 4 members (excludes halogenated alkanes) is 7. The molecule has 0 aliphatic carbocycles. The first kappa shape index (κ1) is 17.9. The van der Waals surface area contributed by atoms with Gasteiger partial charge in [-0.3, -0.25) is 0 Å². The van der Waals surface area contributed by atoms with Crippen molar-refractivity contribution in [2.45, 2.75) is 71.6 Å². The van der Waals surface area contributed by atoms with Crippen LogP contribution in [0, 0.1) is 5.41 Å². The summed E-state index contributed by atoms with van der Waals surface area (Å²) in [6.07, 6.45) is 12.2. The molecule has 0 aromatic carbocycles. The van der Waals surface area contributed by atoms with Crippen molar-refractivity contribution in [3.05, 3.63) is 0 Å². The van der Waals surface area contributed by atoms with E-state index in [1.807, 2.05) is 0 Å². The van der Waals surface area contributed by atoms with Gasteiger partial charge < -0.3 is 9.47 Å². The molecule has 0 amide bonds. The molecule has 0 N–H and O–H groups in total. The first-order valence-corrected chi connectivity index (χ1v) is 7.66. The molecule has 0 unspecified atom stereocenters. The predicted octanol–water partition coefficient (Wildman–Crippen LogP) is 4.82. The monoisotopic (exact) mass is 258 g/mol. The summed E-state index contributed by atoms with van der Waals surface area (Å²) in [6.45, 7) is 6.14. The number of hydrogen-bond donors (Lipinski definition) is 0. The van der Waals surface area contributed by atoms with E-state index in [0.29, 0.717) is 0 Å². The van der Waals surface area contributed by atoms with E-state index in [9.17, 15) is 0 Å². The van der Waals surface area contributed by atoms with Gasteiger partial charge in [0.1, 0.15) is 0 Å². The standard InChI is InChI=1S/C16H34O2/c1-5-6-7-8-9-10-11-12-13-16(2,14-17-3)15-18-4/h5-15H2,1-4H3. The number of hydrogen-bond acceptors (Lipinski definition) is 2. The van der Waals surface area contributed by atoms with Gasteiger partial charge in [0.25, 0.3) is 0 Å². The van der Waals surface area contributed by atoms with Crippen molar-refractivity contribution in [3.63, 3.8) is 0 Å². The number of rotatable bonds is 13.